The van der Waals surface area contributed by atoms with Gasteiger partial charge in [0.15, 0.2) is 0 Å². The molecule has 0 fully saturated rings. The van der Waals surface area contributed by atoms with Gasteiger partial charge in [-0.05, 0) is 12.2 Å². The van der Waals surface area contributed by atoms with Crippen LogP contribution in [0, 0.1) is 6.92 Å². The maximum atomic E-state index is 3.68. The average Bonchev–Trinajstić information content (AvgIpc) is 1.41. The van der Waals surface area contributed by atoms with Gasteiger partial charge < -0.3 is 0 Å². The molecule has 31 valence electrons. The zero-order chi connectivity index (χ0) is 4.12. The molecule has 0 spiro atoms. The van der Waals surface area contributed by atoms with E-state index in [1.54, 1.807) is 0 Å². The van der Waals surface area contributed by atoms with Crippen LogP contribution in [-0.4, -0.2) is 15.1 Å². The van der Waals surface area contributed by atoms with Gasteiger partial charge in [0.05, 0.1) is 9.39 Å². The number of rotatable bonds is 2. The van der Waals surface area contributed by atoms with Crippen LogP contribution in [0.1, 0.15) is 6.42 Å². The summed E-state index contributed by atoms with van der Waals surface area (Å²) < 4.78 is 0. The lowest BCUT2D eigenvalue weighted by atomic mass is 10.6. The molecule has 0 unspecified atom stereocenters. The molecule has 0 bridgehead atoms. The zero-order valence-electron chi connectivity index (χ0n) is 3.53. The molecule has 0 aromatic rings. The van der Waals surface area contributed by atoms with E-state index in [2.05, 4.69) is 6.92 Å². The summed E-state index contributed by atoms with van der Waals surface area (Å²) in [6, 6.07) is 0. The van der Waals surface area contributed by atoms with Crippen molar-refractivity contribution >= 4 is 20.6 Å². The standard InChI is InChI=1S/C3H9SSi/c1-2-3-4-5/h1-3H2,5H3. The third kappa shape index (κ3) is 4.57. The maximum Gasteiger partial charge on any atom is 0.0694 e. The Bertz CT molecular complexity index is 14.4. The first-order valence-electron chi connectivity index (χ1n) is 1.70. The lowest BCUT2D eigenvalue weighted by Gasteiger charge is -1.80. The minimum atomic E-state index is 1.09. The second-order valence-electron chi connectivity index (χ2n) is 0.846. The molecule has 0 heterocycles. The number of hydrogen-bond donors (Lipinski definition) is 0. The van der Waals surface area contributed by atoms with Crippen LogP contribution >= 0.6 is 11.2 Å². The molecule has 0 aliphatic rings. The summed E-state index contributed by atoms with van der Waals surface area (Å²) in [7, 11) is 1.28. The Morgan fingerprint density at radius 2 is 2.40 bits per heavy atom. The zero-order valence-corrected chi connectivity index (χ0v) is 6.35. The van der Waals surface area contributed by atoms with Crippen molar-refractivity contribution in [3.05, 3.63) is 6.92 Å². The predicted octanol–water partition coefficient (Wildman–Crippen LogP) is 0.224. The Morgan fingerprint density at radius 3 is 2.40 bits per heavy atom. The fourth-order valence-corrected chi connectivity index (χ4v) is 1.30. The molecule has 0 nitrogen and oxygen atoms in total. The molecule has 0 aliphatic heterocycles. The molecule has 0 amide bonds. The Hall–Kier alpha value is 0.567. The highest BCUT2D eigenvalue weighted by atomic mass is 32.4. The van der Waals surface area contributed by atoms with Crippen LogP contribution in [0.15, 0.2) is 0 Å². The molecular weight excluding hydrogens is 96.2 g/mol. The second kappa shape index (κ2) is 4.57. The van der Waals surface area contributed by atoms with Crippen molar-refractivity contribution < 1.29 is 0 Å². The average molecular weight is 105 g/mol. The van der Waals surface area contributed by atoms with Crippen molar-refractivity contribution in [2.45, 2.75) is 6.42 Å². The van der Waals surface area contributed by atoms with Gasteiger partial charge >= 0.3 is 0 Å². The normalized spacial score (nSPS) is 9.00. The minimum absolute atomic E-state index is 1.09. The largest absolute Gasteiger partial charge is 0.198 e. The summed E-state index contributed by atoms with van der Waals surface area (Å²) in [6.45, 7) is 3.68. The molecule has 0 rings (SSSR count). The second-order valence-corrected chi connectivity index (χ2v) is 3.56. The topological polar surface area (TPSA) is 0 Å². The molecule has 0 atom stereocenters. The molecule has 2 heteroatoms. The van der Waals surface area contributed by atoms with Crippen LogP contribution in [0.25, 0.3) is 0 Å². The Morgan fingerprint density at radius 1 is 1.80 bits per heavy atom. The van der Waals surface area contributed by atoms with Crippen LogP contribution in [0.3, 0.4) is 0 Å². The number of hydrogen-bond acceptors (Lipinski definition) is 1. The first-order valence-corrected chi connectivity index (χ1v) is 5.54. The van der Waals surface area contributed by atoms with E-state index in [-0.39, 0.29) is 0 Å². The van der Waals surface area contributed by atoms with Gasteiger partial charge in [-0.2, -0.15) is 11.2 Å². The van der Waals surface area contributed by atoms with Gasteiger partial charge in [0.2, 0.25) is 0 Å². The summed E-state index contributed by atoms with van der Waals surface area (Å²) >= 11 is 1.98. The highest BCUT2D eigenvalue weighted by Gasteiger charge is 1.67. The van der Waals surface area contributed by atoms with Crippen molar-refractivity contribution in [1.82, 2.24) is 0 Å². The van der Waals surface area contributed by atoms with E-state index in [0.29, 0.717) is 0 Å². The van der Waals surface area contributed by atoms with E-state index < -0.39 is 0 Å². The van der Waals surface area contributed by atoms with Crippen LogP contribution in [0.4, 0.5) is 0 Å². The van der Waals surface area contributed by atoms with Gasteiger partial charge in [0.1, 0.15) is 0 Å². The molecule has 0 aromatic carbocycles. The van der Waals surface area contributed by atoms with Crippen molar-refractivity contribution in [3.63, 3.8) is 0 Å². The van der Waals surface area contributed by atoms with Crippen LogP contribution in [0.2, 0.25) is 0 Å². The quantitative estimate of drug-likeness (QED) is 0.453. The molecular formula is C3H9SSi. The molecule has 0 aromatic heterocycles. The fourth-order valence-electron chi connectivity index (χ4n) is 0.144. The van der Waals surface area contributed by atoms with Crippen molar-refractivity contribution in [3.8, 4) is 0 Å². The first kappa shape index (κ1) is 5.57. The lowest BCUT2D eigenvalue weighted by molar-refractivity contribution is 1.25. The van der Waals surface area contributed by atoms with E-state index in [0.717, 1.165) is 6.42 Å². The summed E-state index contributed by atoms with van der Waals surface area (Å²) in [5, 5.41) is 0. The first-order chi connectivity index (χ1) is 2.41. The lowest BCUT2D eigenvalue weighted by Crippen LogP contribution is -1.66. The summed E-state index contributed by atoms with van der Waals surface area (Å²) in [5.74, 6) is 1.26. The third-order valence-corrected chi connectivity index (χ3v) is 2.27. The van der Waals surface area contributed by atoms with Gasteiger partial charge in [0.25, 0.3) is 0 Å². The minimum Gasteiger partial charge on any atom is -0.198 e. The van der Waals surface area contributed by atoms with E-state index in [1.165, 1.54) is 15.1 Å². The van der Waals surface area contributed by atoms with Gasteiger partial charge in [-0.15, -0.1) is 0 Å². The van der Waals surface area contributed by atoms with Crippen LogP contribution < -0.4 is 0 Å². The molecule has 0 saturated carbocycles. The summed E-state index contributed by atoms with van der Waals surface area (Å²) in [4.78, 5) is 0. The summed E-state index contributed by atoms with van der Waals surface area (Å²) in [5.41, 5.74) is 0. The van der Waals surface area contributed by atoms with Crippen molar-refractivity contribution in [2.75, 3.05) is 5.75 Å². The smallest absolute Gasteiger partial charge is 0.0694 e. The highest BCUT2D eigenvalue weighted by molar-refractivity contribution is 8.19. The molecule has 0 aliphatic carbocycles. The van der Waals surface area contributed by atoms with Crippen LogP contribution in [0.5, 0.6) is 0 Å². The van der Waals surface area contributed by atoms with Gasteiger partial charge in [-0.3, -0.25) is 0 Å². The fraction of sp³-hybridized carbons (Fsp3) is 0.667. The molecule has 0 N–H and O–H groups in total. The highest BCUT2D eigenvalue weighted by Crippen LogP contribution is 1.89. The van der Waals surface area contributed by atoms with Crippen molar-refractivity contribution in [2.24, 2.45) is 0 Å². The SMILES string of the molecule is [CH2]CCS[SiH3]. The maximum absolute atomic E-state index is 3.68. The monoisotopic (exact) mass is 105 g/mol. The molecule has 5 heavy (non-hydrogen) atoms. The van der Waals surface area contributed by atoms with E-state index in [4.69, 9.17) is 0 Å². The molecule has 0 saturated heterocycles. The van der Waals surface area contributed by atoms with Gasteiger partial charge in [-0.1, -0.05) is 6.92 Å². The summed E-state index contributed by atoms with van der Waals surface area (Å²) in [6.07, 6.45) is 1.09. The molecule has 1 radical (unpaired) electrons. The van der Waals surface area contributed by atoms with E-state index >= 15 is 0 Å². The Labute approximate surface area is 40.4 Å². The van der Waals surface area contributed by atoms with Gasteiger partial charge in [-0.25, -0.2) is 0 Å². The Kier molecular flexibility index (Phi) is 5.08. The van der Waals surface area contributed by atoms with Crippen LogP contribution in [-0.2, 0) is 0 Å². The van der Waals surface area contributed by atoms with Crippen molar-refractivity contribution in [1.29, 1.82) is 0 Å². The van der Waals surface area contributed by atoms with E-state index in [9.17, 15) is 0 Å². The van der Waals surface area contributed by atoms with E-state index in [1.807, 2.05) is 11.2 Å². The Balaban J connectivity index is 2.19. The third-order valence-electron chi connectivity index (χ3n) is 0.348. The van der Waals surface area contributed by atoms with Gasteiger partial charge in [0, 0.05) is 0 Å². The predicted molar refractivity (Wildman–Crippen MR) is 32.4 cm³/mol.